The molecule has 13 heavy (non-hydrogen) atoms. The minimum Gasteiger partial charge on any atom is -0.507 e. The molecule has 2 aromatic rings. The Labute approximate surface area is 81.7 Å². The van der Waals surface area contributed by atoms with Crippen molar-refractivity contribution in [3.8, 4) is 5.75 Å². The van der Waals surface area contributed by atoms with Gasteiger partial charge in [0.2, 0.25) is 0 Å². The van der Waals surface area contributed by atoms with Crippen LogP contribution in [0.25, 0.3) is 11.0 Å². The molecule has 0 aliphatic heterocycles. The Balaban J connectivity index is 3.03. The normalized spacial score (nSPS) is 10.5. The standard InChI is InChI=1S/C9H5BrO3/c10-5-2-1-3-7-9(5)6(11)4-8(12)13-7/h1-4,11H. The summed E-state index contributed by atoms with van der Waals surface area (Å²) in [6, 6.07) is 6.17. The van der Waals surface area contributed by atoms with Crippen LogP contribution in [0.5, 0.6) is 5.75 Å². The van der Waals surface area contributed by atoms with E-state index in [0.717, 1.165) is 6.07 Å². The van der Waals surface area contributed by atoms with Crippen molar-refractivity contribution in [3.05, 3.63) is 39.2 Å². The average molecular weight is 241 g/mol. The fraction of sp³-hybridized carbons (Fsp3) is 0. The van der Waals surface area contributed by atoms with Gasteiger partial charge in [0, 0.05) is 4.47 Å². The van der Waals surface area contributed by atoms with E-state index in [4.69, 9.17) is 4.42 Å². The first-order chi connectivity index (χ1) is 6.18. The van der Waals surface area contributed by atoms with E-state index in [-0.39, 0.29) is 5.75 Å². The quantitative estimate of drug-likeness (QED) is 0.719. The summed E-state index contributed by atoms with van der Waals surface area (Å²) in [5, 5.41) is 9.96. The number of benzene rings is 1. The van der Waals surface area contributed by atoms with Gasteiger partial charge in [0.25, 0.3) is 0 Å². The van der Waals surface area contributed by atoms with Gasteiger partial charge in [0.15, 0.2) is 0 Å². The van der Waals surface area contributed by atoms with Gasteiger partial charge in [-0.05, 0) is 28.1 Å². The van der Waals surface area contributed by atoms with Crippen LogP contribution in [0, 0.1) is 0 Å². The molecule has 0 atom stereocenters. The Kier molecular flexibility index (Phi) is 1.84. The van der Waals surface area contributed by atoms with Gasteiger partial charge in [-0.2, -0.15) is 0 Å². The van der Waals surface area contributed by atoms with Gasteiger partial charge in [-0.15, -0.1) is 0 Å². The third-order valence-electron chi connectivity index (χ3n) is 1.70. The molecular formula is C9H5BrO3. The molecule has 0 saturated carbocycles. The monoisotopic (exact) mass is 240 g/mol. The SMILES string of the molecule is O=c1cc(O)c2c(Br)cccc2o1. The van der Waals surface area contributed by atoms with Gasteiger partial charge in [-0.1, -0.05) is 6.07 Å². The van der Waals surface area contributed by atoms with Gasteiger partial charge < -0.3 is 9.52 Å². The Hall–Kier alpha value is -1.29. The van der Waals surface area contributed by atoms with Crippen LogP contribution in [-0.2, 0) is 0 Å². The van der Waals surface area contributed by atoms with E-state index >= 15 is 0 Å². The molecule has 0 aliphatic carbocycles. The summed E-state index contributed by atoms with van der Waals surface area (Å²) in [4.78, 5) is 10.9. The maximum absolute atomic E-state index is 10.9. The van der Waals surface area contributed by atoms with E-state index in [9.17, 15) is 9.90 Å². The highest BCUT2D eigenvalue weighted by Crippen LogP contribution is 2.29. The van der Waals surface area contributed by atoms with Crippen LogP contribution in [0.1, 0.15) is 0 Å². The minimum absolute atomic E-state index is 0.0706. The molecule has 3 nitrogen and oxygen atoms in total. The van der Waals surface area contributed by atoms with Crippen LogP contribution in [0.3, 0.4) is 0 Å². The topological polar surface area (TPSA) is 50.4 Å². The fourth-order valence-electron chi connectivity index (χ4n) is 1.16. The summed E-state index contributed by atoms with van der Waals surface area (Å²) in [6.07, 6.45) is 0. The van der Waals surface area contributed by atoms with Crippen molar-refractivity contribution in [2.24, 2.45) is 0 Å². The zero-order valence-corrected chi connectivity index (χ0v) is 8.04. The molecule has 0 fully saturated rings. The molecule has 0 saturated heterocycles. The van der Waals surface area contributed by atoms with E-state index in [1.54, 1.807) is 18.2 Å². The van der Waals surface area contributed by atoms with Crippen molar-refractivity contribution in [1.82, 2.24) is 0 Å². The lowest BCUT2D eigenvalue weighted by Crippen LogP contribution is -1.95. The number of halogens is 1. The largest absolute Gasteiger partial charge is 0.507 e. The summed E-state index contributed by atoms with van der Waals surface area (Å²) >= 11 is 3.25. The molecule has 1 aromatic heterocycles. The van der Waals surface area contributed by atoms with E-state index in [1.165, 1.54) is 0 Å². The summed E-state index contributed by atoms with van der Waals surface area (Å²) in [6.45, 7) is 0. The second kappa shape index (κ2) is 2.88. The van der Waals surface area contributed by atoms with Crippen LogP contribution in [0.15, 0.2) is 37.9 Å². The van der Waals surface area contributed by atoms with E-state index in [2.05, 4.69) is 15.9 Å². The number of hydrogen-bond donors (Lipinski definition) is 1. The first kappa shape index (κ1) is 8.31. The predicted molar refractivity (Wildman–Crippen MR) is 51.8 cm³/mol. The number of aromatic hydroxyl groups is 1. The predicted octanol–water partition coefficient (Wildman–Crippen LogP) is 2.26. The molecule has 0 bridgehead atoms. The second-order valence-corrected chi connectivity index (χ2v) is 3.42. The average Bonchev–Trinajstić information content (AvgIpc) is 2.02. The third kappa shape index (κ3) is 1.33. The molecule has 1 N–H and O–H groups in total. The highest BCUT2D eigenvalue weighted by atomic mass is 79.9. The summed E-state index contributed by atoms with van der Waals surface area (Å²) in [5.41, 5.74) is -0.178. The van der Waals surface area contributed by atoms with Crippen LogP contribution < -0.4 is 5.63 Å². The maximum atomic E-state index is 10.9. The van der Waals surface area contributed by atoms with E-state index < -0.39 is 5.63 Å². The molecule has 0 spiro atoms. The Bertz CT molecular complexity index is 516. The van der Waals surface area contributed by atoms with Crippen molar-refractivity contribution < 1.29 is 9.52 Å². The zero-order valence-electron chi connectivity index (χ0n) is 6.45. The third-order valence-corrected chi connectivity index (χ3v) is 2.36. The van der Waals surface area contributed by atoms with Crippen LogP contribution in [-0.4, -0.2) is 5.11 Å². The highest BCUT2D eigenvalue weighted by Gasteiger charge is 2.06. The smallest absolute Gasteiger partial charge is 0.339 e. The summed E-state index contributed by atoms with van der Waals surface area (Å²) in [5.74, 6) is -0.0706. The molecule has 2 rings (SSSR count). The number of rotatable bonds is 0. The first-order valence-corrected chi connectivity index (χ1v) is 4.39. The lowest BCUT2D eigenvalue weighted by molar-refractivity contribution is 0.468. The minimum atomic E-state index is -0.553. The Morgan fingerprint density at radius 1 is 1.38 bits per heavy atom. The van der Waals surface area contributed by atoms with Gasteiger partial charge >= 0.3 is 5.63 Å². The highest BCUT2D eigenvalue weighted by molar-refractivity contribution is 9.10. The van der Waals surface area contributed by atoms with E-state index in [1.807, 2.05) is 0 Å². The molecule has 0 amide bonds. The lowest BCUT2D eigenvalue weighted by Gasteiger charge is -2.00. The van der Waals surface area contributed by atoms with E-state index in [0.29, 0.717) is 15.4 Å². The molecular weight excluding hydrogens is 236 g/mol. The van der Waals surface area contributed by atoms with Gasteiger partial charge in [-0.25, -0.2) is 4.79 Å². The number of hydrogen-bond acceptors (Lipinski definition) is 3. The molecule has 0 unspecified atom stereocenters. The lowest BCUT2D eigenvalue weighted by atomic mass is 10.2. The van der Waals surface area contributed by atoms with Crippen molar-refractivity contribution in [1.29, 1.82) is 0 Å². The summed E-state index contributed by atoms with van der Waals surface area (Å²) < 4.78 is 5.58. The second-order valence-electron chi connectivity index (χ2n) is 2.56. The van der Waals surface area contributed by atoms with Crippen molar-refractivity contribution in [2.45, 2.75) is 0 Å². The van der Waals surface area contributed by atoms with Crippen molar-refractivity contribution >= 4 is 26.9 Å². The maximum Gasteiger partial charge on any atom is 0.339 e. The Morgan fingerprint density at radius 3 is 2.92 bits per heavy atom. The Morgan fingerprint density at radius 2 is 2.15 bits per heavy atom. The fourth-order valence-corrected chi connectivity index (χ4v) is 1.71. The molecule has 0 radical (unpaired) electrons. The molecule has 0 aliphatic rings. The molecule has 1 heterocycles. The molecule has 1 aromatic carbocycles. The van der Waals surface area contributed by atoms with Crippen LogP contribution >= 0.6 is 15.9 Å². The molecule has 4 heteroatoms. The van der Waals surface area contributed by atoms with Gasteiger partial charge in [0.05, 0.1) is 11.5 Å². The van der Waals surface area contributed by atoms with Crippen LogP contribution in [0.2, 0.25) is 0 Å². The first-order valence-electron chi connectivity index (χ1n) is 3.60. The van der Waals surface area contributed by atoms with Crippen molar-refractivity contribution in [3.63, 3.8) is 0 Å². The summed E-state index contributed by atoms with van der Waals surface area (Å²) in [7, 11) is 0. The van der Waals surface area contributed by atoms with Crippen molar-refractivity contribution in [2.75, 3.05) is 0 Å². The molecule has 66 valence electrons. The van der Waals surface area contributed by atoms with Gasteiger partial charge in [-0.3, -0.25) is 0 Å². The van der Waals surface area contributed by atoms with Gasteiger partial charge in [0.1, 0.15) is 11.3 Å². The van der Waals surface area contributed by atoms with Crippen LogP contribution in [0.4, 0.5) is 0 Å². The number of fused-ring (bicyclic) bond motifs is 1. The zero-order chi connectivity index (χ0) is 9.42.